The van der Waals surface area contributed by atoms with Crippen LogP contribution >= 0.6 is 0 Å². The van der Waals surface area contributed by atoms with Crippen molar-refractivity contribution in [2.45, 2.75) is 50.5 Å². The van der Waals surface area contributed by atoms with Crippen molar-refractivity contribution < 1.29 is 34.0 Å². The fraction of sp³-hybridized carbons (Fsp3) is 0.296. The van der Waals surface area contributed by atoms with Gasteiger partial charge in [0.25, 0.3) is 0 Å². The molecule has 0 spiro atoms. The summed E-state index contributed by atoms with van der Waals surface area (Å²) in [7, 11) is 0. The van der Waals surface area contributed by atoms with Crippen LogP contribution in [-0.2, 0) is 43.6 Å². The van der Waals surface area contributed by atoms with Gasteiger partial charge in [-0.25, -0.2) is 4.79 Å². The van der Waals surface area contributed by atoms with Gasteiger partial charge < -0.3 is 29.2 Å². The zero-order valence-corrected chi connectivity index (χ0v) is 18.6. The number of carboxylic acid groups (broad SMARTS) is 1. The molecule has 3 aromatic carbocycles. The zero-order chi connectivity index (χ0) is 23.8. The van der Waals surface area contributed by atoms with E-state index in [2.05, 4.69) is 0 Å². The second kappa shape index (κ2) is 11.9. The summed E-state index contributed by atoms with van der Waals surface area (Å²) in [6.45, 7) is 0.548. The third kappa shape index (κ3) is 6.28. The molecule has 178 valence electrons. The van der Waals surface area contributed by atoms with Crippen LogP contribution in [-0.4, -0.2) is 46.9 Å². The van der Waals surface area contributed by atoms with Crippen LogP contribution in [0.1, 0.15) is 16.7 Å². The smallest absolute Gasteiger partial charge is 0.335 e. The number of aliphatic hydroxyl groups excluding tert-OH is 1. The van der Waals surface area contributed by atoms with Gasteiger partial charge in [-0.05, 0) is 16.7 Å². The van der Waals surface area contributed by atoms with Crippen molar-refractivity contribution in [2.75, 3.05) is 0 Å². The van der Waals surface area contributed by atoms with E-state index in [1.165, 1.54) is 0 Å². The van der Waals surface area contributed by atoms with Gasteiger partial charge in [0.05, 0.1) is 19.8 Å². The molecule has 1 fully saturated rings. The van der Waals surface area contributed by atoms with Crippen LogP contribution in [0.4, 0.5) is 0 Å². The second-order valence-electron chi connectivity index (χ2n) is 8.07. The summed E-state index contributed by atoms with van der Waals surface area (Å²) in [4.78, 5) is 12.0. The van der Waals surface area contributed by atoms with E-state index in [-0.39, 0.29) is 19.8 Å². The van der Waals surface area contributed by atoms with Gasteiger partial charge in [-0.15, -0.1) is 0 Å². The van der Waals surface area contributed by atoms with Gasteiger partial charge in [0.2, 0.25) is 0 Å². The average molecular weight is 465 g/mol. The molecule has 0 bridgehead atoms. The van der Waals surface area contributed by atoms with E-state index in [9.17, 15) is 15.0 Å². The Labute approximate surface area is 198 Å². The first-order chi connectivity index (χ1) is 16.6. The molecule has 34 heavy (non-hydrogen) atoms. The van der Waals surface area contributed by atoms with E-state index in [1.54, 1.807) is 0 Å². The molecule has 0 aromatic heterocycles. The number of carbonyl (C=O) groups is 1. The lowest BCUT2D eigenvalue weighted by Gasteiger charge is -2.43. The molecule has 1 aliphatic rings. The van der Waals surface area contributed by atoms with E-state index in [0.29, 0.717) is 0 Å². The van der Waals surface area contributed by atoms with Crippen molar-refractivity contribution in [3.05, 3.63) is 108 Å². The Morgan fingerprint density at radius 1 is 0.647 bits per heavy atom. The van der Waals surface area contributed by atoms with E-state index in [4.69, 9.17) is 18.9 Å². The minimum atomic E-state index is -1.50. The van der Waals surface area contributed by atoms with Gasteiger partial charge in [0.1, 0.15) is 18.3 Å². The minimum Gasteiger partial charge on any atom is -0.479 e. The third-order valence-electron chi connectivity index (χ3n) is 5.61. The fourth-order valence-electron chi connectivity index (χ4n) is 3.87. The highest BCUT2D eigenvalue weighted by atomic mass is 16.7. The molecular weight excluding hydrogens is 436 g/mol. The quantitative estimate of drug-likeness (QED) is 0.474. The van der Waals surface area contributed by atoms with Gasteiger partial charge in [0.15, 0.2) is 12.4 Å². The average Bonchev–Trinajstić information content (AvgIpc) is 2.87. The van der Waals surface area contributed by atoms with Crippen molar-refractivity contribution in [1.82, 2.24) is 0 Å². The Bertz CT molecular complexity index is 1010. The van der Waals surface area contributed by atoms with Crippen LogP contribution in [0, 0.1) is 0 Å². The number of hydrogen-bond donors (Lipinski definition) is 2. The summed E-state index contributed by atoms with van der Waals surface area (Å²) in [5, 5.41) is 20.5. The summed E-state index contributed by atoms with van der Waals surface area (Å²) in [6, 6.07) is 28.4. The lowest BCUT2D eigenvalue weighted by molar-refractivity contribution is -0.308. The standard InChI is InChI=1S/C27H28O7/c28-26(29)24-22(31-16-19-10-4-1-5-11-19)23(32-17-20-12-6-2-7-13-20)25(27(30)34-24)33-18-21-14-8-3-9-15-21/h1-15,22-25,27,30H,16-18H2,(H,28,29)/t22-,23+,24+,25-,27+/m1/s1. The van der Waals surface area contributed by atoms with Crippen molar-refractivity contribution in [2.24, 2.45) is 0 Å². The van der Waals surface area contributed by atoms with Crippen LogP contribution in [0.25, 0.3) is 0 Å². The number of ether oxygens (including phenoxy) is 4. The Balaban J connectivity index is 1.57. The van der Waals surface area contributed by atoms with Gasteiger partial charge >= 0.3 is 5.97 Å². The Hall–Kier alpha value is -3.07. The van der Waals surface area contributed by atoms with Gasteiger partial charge in [0, 0.05) is 0 Å². The van der Waals surface area contributed by atoms with Crippen LogP contribution in [0.3, 0.4) is 0 Å². The molecule has 7 nitrogen and oxygen atoms in total. The lowest BCUT2D eigenvalue weighted by atomic mass is 9.97. The first kappa shape index (κ1) is 24.1. The number of aliphatic carboxylic acids is 1. The molecule has 5 atom stereocenters. The topological polar surface area (TPSA) is 94.5 Å². The summed E-state index contributed by atoms with van der Waals surface area (Å²) in [5.74, 6) is -1.24. The number of aliphatic hydroxyl groups is 1. The van der Waals surface area contributed by atoms with Gasteiger partial charge in [-0.2, -0.15) is 0 Å². The molecule has 4 rings (SSSR count). The first-order valence-electron chi connectivity index (χ1n) is 11.1. The largest absolute Gasteiger partial charge is 0.479 e. The Morgan fingerprint density at radius 2 is 1.03 bits per heavy atom. The molecule has 1 heterocycles. The van der Waals surface area contributed by atoms with E-state index < -0.39 is 36.7 Å². The zero-order valence-electron chi connectivity index (χ0n) is 18.6. The third-order valence-corrected chi connectivity index (χ3v) is 5.61. The Kier molecular flexibility index (Phi) is 8.41. The summed E-state index contributed by atoms with van der Waals surface area (Å²) in [5.41, 5.74) is 2.68. The van der Waals surface area contributed by atoms with Crippen molar-refractivity contribution >= 4 is 5.97 Å². The minimum absolute atomic E-state index is 0.158. The highest BCUT2D eigenvalue weighted by Crippen LogP contribution is 2.29. The maximum atomic E-state index is 12.0. The highest BCUT2D eigenvalue weighted by Gasteiger charge is 2.50. The van der Waals surface area contributed by atoms with Crippen LogP contribution in [0.2, 0.25) is 0 Å². The van der Waals surface area contributed by atoms with Crippen molar-refractivity contribution in [3.63, 3.8) is 0 Å². The molecule has 0 saturated carbocycles. The number of carboxylic acids is 1. The first-order valence-corrected chi connectivity index (χ1v) is 11.1. The molecule has 1 saturated heterocycles. The lowest BCUT2D eigenvalue weighted by Crippen LogP contribution is -2.62. The maximum absolute atomic E-state index is 12.0. The molecule has 0 unspecified atom stereocenters. The monoisotopic (exact) mass is 464 g/mol. The predicted molar refractivity (Wildman–Crippen MR) is 124 cm³/mol. The highest BCUT2D eigenvalue weighted by molar-refractivity contribution is 5.73. The SMILES string of the molecule is O=C(O)[C@H]1O[C@H](O)[C@H](OCc2ccccc2)[C@@H](OCc2ccccc2)[C@H]1OCc1ccccc1. The van der Waals surface area contributed by atoms with Crippen molar-refractivity contribution in [1.29, 1.82) is 0 Å². The molecule has 1 aliphatic heterocycles. The Morgan fingerprint density at radius 3 is 1.44 bits per heavy atom. The van der Waals surface area contributed by atoms with Gasteiger partial charge in [-0.3, -0.25) is 0 Å². The summed E-state index contributed by atoms with van der Waals surface area (Å²) >= 11 is 0. The number of benzene rings is 3. The molecule has 0 aliphatic carbocycles. The molecule has 0 amide bonds. The number of hydrogen-bond acceptors (Lipinski definition) is 6. The molecule has 7 heteroatoms. The maximum Gasteiger partial charge on any atom is 0.335 e. The van der Waals surface area contributed by atoms with E-state index in [1.807, 2.05) is 91.0 Å². The van der Waals surface area contributed by atoms with Crippen LogP contribution < -0.4 is 0 Å². The van der Waals surface area contributed by atoms with Crippen LogP contribution in [0.15, 0.2) is 91.0 Å². The molecular formula is C27H28O7. The van der Waals surface area contributed by atoms with Crippen molar-refractivity contribution in [3.8, 4) is 0 Å². The normalized spacial score (nSPS) is 24.6. The number of rotatable bonds is 10. The fourth-order valence-corrected chi connectivity index (χ4v) is 3.87. The molecule has 3 aromatic rings. The summed E-state index contributed by atoms with van der Waals surface area (Å²) in [6.07, 6.45) is -5.78. The van der Waals surface area contributed by atoms with Crippen LogP contribution in [0.5, 0.6) is 0 Å². The van der Waals surface area contributed by atoms with Gasteiger partial charge in [-0.1, -0.05) is 91.0 Å². The molecule has 2 N–H and O–H groups in total. The van der Waals surface area contributed by atoms with E-state index >= 15 is 0 Å². The van der Waals surface area contributed by atoms with E-state index in [0.717, 1.165) is 16.7 Å². The second-order valence-corrected chi connectivity index (χ2v) is 8.07. The summed E-state index contributed by atoms with van der Waals surface area (Å²) < 4.78 is 23.7. The predicted octanol–water partition coefficient (Wildman–Crippen LogP) is 3.54. The molecule has 0 radical (unpaired) electrons.